The molecular formula is C11H22N2O2. The highest BCUT2D eigenvalue weighted by molar-refractivity contribution is 5.69. The fraction of sp³-hybridized carbons (Fsp3) is 0.909. The molecule has 0 aliphatic carbocycles. The standard InChI is InChI=1S/C11H22N2O2/c1-2-3-4-11(14)15-10-9-13-7-5-12-6-8-13/h12H,2-10H2,1H3. The molecule has 0 bridgehead atoms. The van der Waals surface area contributed by atoms with Crippen LogP contribution in [0, 0.1) is 0 Å². The number of piperazine rings is 1. The van der Waals surface area contributed by atoms with Crippen molar-refractivity contribution in [3.8, 4) is 0 Å². The van der Waals surface area contributed by atoms with Crippen molar-refractivity contribution in [3.63, 3.8) is 0 Å². The SMILES string of the molecule is CCCCC(=O)OCCN1CCNCC1. The van der Waals surface area contributed by atoms with Crippen molar-refractivity contribution < 1.29 is 9.53 Å². The summed E-state index contributed by atoms with van der Waals surface area (Å²) in [7, 11) is 0. The summed E-state index contributed by atoms with van der Waals surface area (Å²) in [6, 6.07) is 0. The zero-order valence-corrected chi connectivity index (χ0v) is 9.63. The van der Waals surface area contributed by atoms with Gasteiger partial charge in [0.25, 0.3) is 0 Å². The Kier molecular flexibility index (Phi) is 6.36. The van der Waals surface area contributed by atoms with Gasteiger partial charge in [-0.05, 0) is 6.42 Å². The van der Waals surface area contributed by atoms with Crippen molar-refractivity contribution in [2.75, 3.05) is 39.3 Å². The maximum atomic E-state index is 11.2. The Balaban J connectivity index is 1.97. The molecule has 1 N–H and O–H groups in total. The summed E-state index contributed by atoms with van der Waals surface area (Å²) < 4.78 is 5.15. The zero-order chi connectivity index (χ0) is 10.9. The summed E-state index contributed by atoms with van der Waals surface area (Å²) in [5.74, 6) is -0.0491. The summed E-state index contributed by atoms with van der Waals surface area (Å²) in [6.45, 7) is 7.71. The second-order valence-corrected chi connectivity index (χ2v) is 3.92. The first-order valence-corrected chi connectivity index (χ1v) is 5.91. The number of unbranched alkanes of at least 4 members (excludes halogenated alkanes) is 1. The lowest BCUT2D eigenvalue weighted by atomic mass is 10.2. The van der Waals surface area contributed by atoms with Gasteiger partial charge in [-0.25, -0.2) is 0 Å². The number of hydrogen-bond donors (Lipinski definition) is 1. The van der Waals surface area contributed by atoms with Crippen molar-refractivity contribution >= 4 is 5.97 Å². The quantitative estimate of drug-likeness (QED) is 0.658. The van der Waals surface area contributed by atoms with E-state index < -0.39 is 0 Å². The second-order valence-electron chi connectivity index (χ2n) is 3.92. The Morgan fingerprint density at radius 1 is 1.40 bits per heavy atom. The van der Waals surface area contributed by atoms with Crippen molar-refractivity contribution in [1.29, 1.82) is 0 Å². The highest BCUT2D eigenvalue weighted by Gasteiger charge is 2.09. The van der Waals surface area contributed by atoms with E-state index in [0.29, 0.717) is 13.0 Å². The third kappa shape index (κ3) is 5.74. The minimum Gasteiger partial charge on any atom is -0.464 e. The molecule has 1 aliphatic rings. The summed E-state index contributed by atoms with van der Waals surface area (Å²) in [5.41, 5.74) is 0. The molecular weight excluding hydrogens is 192 g/mol. The number of hydrogen-bond acceptors (Lipinski definition) is 4. The van der Waals surface area contributed by atoms with Crippen LogP contribution in [0.4, 0.5) is 0 Å². The van der Waals surface area contributed by atoms with E-state index in [1.165, 1.54) is 0 Å². The predicted octanol–water partition coefficient (Wildman–Crippen LogP) is 0.625. The number of carbonyl (C=O) groups excluding carboxylic acids is 1. The monoisotopic (exact) mass is 214 g/mol. The molecule has 0 saturated carbocycles. The molecule has 4 nitrogen and oxygen atoms in total. The van der Waals surface area contributed by atoms with Gasteiger partial charge in [-0.15, -0.1) is 0 Å². The molecule has 0 spiro atoms. The van der Waals surface area contributed by atoms with E-state index >= 15 is 0 Å². The Morgan fingerprint density at radius 2 is 2.13 bits per heavy atom. The second kappa shape index (κ2) is 7.65. The molecule has 1 rings (SSSR count). The molecule has 1 saturated heterocycles. The average Bonchev–Trinajstić information content (AvgIpc) is 2.28. The molecule has 15 heavy (non-hydrogen) atoms. The molecule has 1 fully saturated rings. The molecule has 4 heteroatoms. The summed E-state index contributed by atoms with van der Waals surface area (Å²) in [5, 5.41) is 3.29. The van der Waals surface area contributed by atoms with Crippen LogP contribution in [-0.2, 0) is 9.53 Å². The molecule has 88 valence electrons. The normalized spacial score (nSPS) is 17.7. The van der Waals surface area contributed by atoms with E-state index in [2.05, 4.69) is 17.1 Å². The Labute approximate surface area is 92.0 Å². The van der Waals surface area contributed by atoms with Gasteiger partial charge in [-0.2, -0.15) is 0 Å². The minimum absolute atomic E-state index is 0.0491. The summed E-state index contributed by atoms with van der Waals surface area (Å²) >= 11 is 0. The number of esters is 1. The lowest BCUT2D eigenvalue weighted by molar-refractivity contribution is -0.144. The van der Waals surface area contributed by atoms with Crippen LogP contribution in [0.15, 0.2) is 0 Å². The van der Waals surface area contributed by atoms with Crippen LogP contribution >= 0.6 is 0 Å². The van der Waals surface area contributed by atoms with E-state index in [9.17, 15) is 4.79 Å². The third-order valence-corrected chi connectivity index (χ3v) is 2.61. The topological polar surface area (TPSA) is 41.6 Å². The first-order valence-electron chi connectivity index (χ1n) is 5.91. The number of ether oxygens (including phenoxy) is 1. The van der Waals surface area contributed by atoms with E-state index in [1.54, 1.807) is 0 Å². The molecule has 0 radical (unpaired) electrons. The zero-order valence-electron chi connectivity index (χ0n) is 9.63. The van der Waals surface area contributed by atoms with Gasteiger partial charge in [0.1, 0.15) is 6.61 Å². The number of rotatable bonds is 6. The van der Waals surface area contributed by atoms with Crippen molar-refractivity contribution in [2.24, 2.45) is 0 Å². The van der Waals surface area contributed by atoms with Crippen LogP contribution in [0.2, 0.25) is 0 Å². The van der Waals surface area contributed by atoms with Crippen LogP contribution in [0.3, 0.4) is 0 Å². The van der Waals surface area contributed by atoms with Crippen LogP contribution in [0.25, 0.3) is 0 Å². The van der Waals surface area contributed by atoms with Gasteiger partial charge in [-0.1, -0.05) is 13.3 Å². The van der Waals surface area contributed by atoms with E-state index in [0.717, 1.165) is 45.6 Å². The van der Waals surface area contributed by atoms with E-state index in [1.807, 2.05) is 0 Å². The lowest BCUT2D eigenvalue weighted by Crippen LogP contribution is -2.44. The molecule has 0 amide bonds. The van der Waals surface area contributed by atoms with Gasteiger partial charge >= 0.3 is 5.97 Å². The van der Waals surface area contributed by atoms with Gasteiger partial charge in [-0.3, -0.25) is 9.69 Å². The third-order valence-electron chi connectivity index (χ3n) is 2.61. The van der Waals surface area contributed by atoms with Gasteiger partial charge in [0.05, 0.1) is 0 Å². The molecule has 0 aromatic rings. The van der Waals surface area contributed by atoms with Gasteiger partial charge in [0.2, 0.25) is 0 Å². The van der Waals surface area contributed by atoms with Gasteiger partial charge in [0, 0.05) is 39.1 Å². The fourth-order valence-corrected chi connectivity index (χ4v) is 1.62. The first kappa shape index (κ1) is 12.5. The maximum Gasteiger partial charge on any atom is 0.305 e. The number of carbonyl (C=O) groups is 1. The predicted molar refractivity (Wildman–Crippen MR) is 59.8 cm³/mol. The highest BCUT2D eigenvalue weighted by atomic mass is 16.5. The summed E-state index contributed by atoms with van der Waals surface area (Å²) in [4.78, 5) is 13.5. The van der Waals surface area contributed by atoms with E-state index in [4.69, 9.17) is 4.74 Å². The first-order chi connectivity index (χ1) is 7.33. The fourth-order valence-electron chi connectivity index (χ4n) is 1.62. The molecule has 0 unspecified atom stereocenters. The summed E-state index contributed by atoms with van der Waals surface area (Å²) in [6.07, 6.45) is 2.55. The number of nitrogens with zero attached hydrogens (tertiary/aromatic N) is 1. The highest BCUT2D eigenvalue weighted by Crippen LogP contribution is 1.97. The Bertz CT molecular complexity index is 179. The smallest absolute Gasteiger partial charge is 0.305 e. The molecule has 1 aliphatic heterocycles. The maximum absolute atomic E-state index is 11.2. The Morgan fingerprint density at radius 3 is 2.80 bits per heavy atom. The van der Waals surface area contributed by atoms with Crippen molar-refractivity contribution in [3.05, 3.63) is 0 Å². The Hall–Kier alpha value is -0.610. The van der Waals surface area contributed by atoms with Crippen LogP contribution in [0.1, 0.15) is 26.2 Å². The lowest BCUT2D eigenvalue weighted by Gasteiger charge is -2.26. The van der Waals surface area contributed by atoms with Crippen LogP contribution < -0.4 is 5.32 Å². The molecule has 0 aromatic carbocycles. The minimum atomic E-state index is -0.0491. The average molecular weight is 214 g/mol. The van der Waals surface area contributed by atoms with Gasteiger partial charge in [0.15, 0.2) is 0 Å². The molecule has 0 aromatic heterocycles. The van der Waals surface area contributed by atoms with Crippen molar-refractivity contribution in [1.82, 2.24) is 10.2 Å². The van der Waals surface area contributed by atoms with Crippen molar-refractivity contribution in [2.45, 2.75) is 26.2 Å². The van der Waals surface area contributed by atoms with E-state index in [-0.39, 0.29) is 5.97 Å². The molecule has 1 heterocycles. The van der Waals surface area contributed by atoms with Gasteiger partial charge < -0.3 is 10.1 Å². The largest absolute Gasteiger partial charge is 0.464 e. The molecule has 0 atom stereocenters. The van der Waals surface area contributed by atoms with Crippen LogP contribution in [0.5, 0.6) is 0 Å². The number of nitrogens with one attached hydrogen (secondary N) is 1. The van der Waals surface area contributed by atoms with Crippen LogP contribution in [-0.4, -0.2) is 50.2 Å².